The molecule has 1 aromatic rings. The largest absolute Gasteiger partial charge is 0.468 e. The summed E-state index contributed by atoms with van der Waals surface area (Å²) in [7, 11) is 1.33. The average Bonchev–Trinajstić information content (AvgIpc) is 2.29. The zero-order valence-corrected chi connectivity index (χ0v) is 9.86. The lowest BCUT2D eigenvalue weighted by Gasteiger charge is -2.21. The fourth-order valence-electron chi connectivity index (χ4n) is 1.15. The SMILES string of the molecule is CCN(CC(=O)OC)c1ncnc(N)c1Cl. The van der Waals surface area contributed by atoms with Gasteiger partial charge in [-0.2, -0.15) is 0 Å². The molecule has 0 saturated heterocycles. The van der Waals surface area contributed by atoms with Crippen molar-refractivity contribution >= 4 is 29.2 Å². The van der Waals surface area contributed by atoms with E-state index >= 15 is 0 Å². The van der Waals surface area contributed by atoms with E-state index in [9.17, 15) is 4.79 Å². The summed E-state index contributed by atoms with van der Waals surface area (Å²) in [5, 5.41) is 0.244. The number of hydrogen-bond acceptors (Lipinski definition) is 6. The van der Waals surface area contributed by atoms with Crippen molar-refractivity contribution < 1.29 is 9.53 Å². The highest BCUT2D eigenvalue weighted by molar-refractivity contribution is 6.35. The van der Waals surface area contributed by atoms with E-state index in [0.29, 0.717) is 12.4 Å². The van der Waals surface area contributed by atoms with Crippen LogP contribution in [0.25, 0.3) is 0 Å². The van der Waals surface area contributed by atoms with Gasteiger partial charge in [-0.15, -0.1) is 0 Å². The molecule has 7 heteroatoms. The molecule has 0 fully saturated rings. The predicted octanol–water partition coefficient (Wildman–Crippen LogP) is 0.711. The topological polar surface area (TPSA) is 81.3 Å². The second-order valence-electron chi connectivity index (χ2n) is 2.99. The number of anilines is 2. The van der Waals surface area contributed by atoms with Crippen LogP contribution in [0.2, 0.25) is 5.02 Å². The number of nitrogen functional groups attached to an aromatic ring is 1. The molecular weight excluding hydrogens is 232 g/mol. The highest BCUT2D eigenvalue weighted by Gasteiger charge is 2.16. The minimum atomic E-state index is -0.366. The summed E-state index contributed by atoms with van der Waals surface area (Å²) >= 11 is 5.95. The number of aromatic nitrogens is 2. The minimum Gasteiger partial charge on any atom is -0.468 e. The maximum absolute atomic E-state index is 11.2. The third-order valence-corrected chi connectivity index (χ3v) is 2.39. The lowest BCUT2D eigenvalue weighted by atomic mass is 10.4. The van der Waals surface area contributed by atoms with Gasteiger partial charge in [-0.25, -0.2) is 9.97 Å². The standard InChI is InChI=1S/C9H13ClN4O2/c1-3-14(4-6(15)16-2)9-7(10)8(11)12-5-13-9/h5H,3-4H2,1-2H3,(H2,11,12,13). The van der Waals surface area contributed by atoms with E-state index in [-0.39, 0.29) is 23.4 Å². The highest BCUT2D eigenvalue weighted by atomic mass is 35.5. The Balaban J connectivity index is 2.95. The molecule has 0 amide bonds. The first-order valence-corrected chi connectivity index (χ1v) is 5.05. The van der Waals surface area contributed by atoms with Crippen molar-refractivity contribution in [2.24, 2.45) is 0 Å². The van der Waals surface area contributed by atoms with Crippen molar-refractivity contribution in [3.63, 3.8) is 0 Å². The summed E-state index contributed by atoms with van der Waals surface area (Å²) < 4.78 is 4.58. The lowest BCUT2D eigenvalue weighted by molar-refractivity contribution is -0.138. The molecule has 6 nitrogen and oxygen atoms in total. The molecule has 1 aromatic heterocycles. The number of halogens is 1. The molecule has 88 valence electrons. The summed E-state index contributed by atoms with van der Waals surface area (Å²) in [5.41, 5.74) is 5.55. The third kappa shape index (κ3) is 2.73. The van der Waals surface area contributed by atoms with Crippen LogP contribution in [0, 0.1) is 0 Å². The monoisotopic (exact) mass is 244 g/mol. The summed E-state index contributed by atoms with van der Waals surface area (Å²) in [6, 6.07) is 0. The van der Waals surface area contributed by atoms with Gasteiger partial charge in [0, 0.05) is 6.54 Å². The first-order valence-electron chi connectivity index (χ1n) is 4.67. The summed E-state index contributed by atoms with van der Waals surface area (Å²) in [5.74, 6) is 0.257. The fraction of sp³-hybridized carbons (Fsp3) is 0.444. The van der Waals surface area contributed by atoms with Gasteiger partial charge in [0.25, 0.3) is 0 Å². The zero-order valence-electron chi connectivity index (χ0n) is 9.11. The molecule has 16 heavy (non-hydrogen) atoms. The van der Waals surface area contributed by atoms with Gasteiger partial charge in [-0.1, -0.05) is 11.6 Å². The van der Waals surface area contributed by atoms with Crippen LogP contribution in [0.4, 0.5) is 11.6 Å². The van der Waals surface area contributed by atoms with Crippen LogP contribution in [0.15, 0.2) is 6.33 Å². The first-order chi connectivity index (χ1) is 7.60. The molecule has 0 aliphatic heterocycles. The van der Waals surface area contributed by atoms with Crippen molar-refractivity contribution in [3.05, 3.63) is 11.3 Å². The van der Waals surface area contributed by atoms with E-state index in [0.717, 1.165) is 0 Å². The van der Waals surface area contributed by atoms with E-state index in [1.807, 2.05) is 6.92 Å². The molecule has 1 heterocycles. The molecule has 0 spiro atoms. The molecule has 0 bridgehead atoms. The van der Waals surface area contributed by atoms with E-state index in [4.69, 9.17) is 17.3 Å². The highest BCUT2D eigenvalue weighted by Crippen LogP contribution is 2.26. The van der Waals surface area contributed by atoms with Gasteiger partial charge >= 0.3 is 5.97 Å². The van der Waals surface area contributed by atoms with Gasteiger partial charge in [-0.05, 0) is 6.92 Å². The van der Waals surface area contributed by atoms with Crippen molar-refractivity contribution in [1.82, 2.24) is 9.97 Å². The van der Waals surface area contributed by atoms with E-state index in [1.54, 1.807) is 4.90 Å². The van der Waals surface area contributed by atoms with Gasteiger partial charge in [0.15, 0.2) is 5.82 Å². The number of rotatable bonds is 4. The van der Waals surface area contributed by atoms with E-state index < -0.39 is 0 Å². The zero-order chi connectivity index (χ0) is 12.1. The van der Waals surface area contributed by atoms with Crippen LogP contribution in [0.1, 0.15) is 6.92 Å². The number of carbonyl (C=O) groups excluding carboxylic acids is 1. The Hall–Kier alpha value is -1.56. The maximum Gasteiger partial charge on any atom is 0.325 e. The second kappa shape index (κ2) is 5.50. The molecule has 0 aliphatic rings. The average molecular weight is 245 g/mol. The van der Waals surface area contributed by atoms with E-state index in [1.165, 1.54) is 13.4 Å². The molecule has 0 aliphatic carbocycles. The Kier molecular flexibility index (Phi) is 4.30. The van der Waals surface area contributed by atoms with Crippen molar-refractivity contribution in [2.75, 3.05) is 30.8 Å². The lowest BCUT2D eigenvalue weighted by Crippen LogP contribution is -2.31. The molecule has 0 atom stereocenters. The number of methoxy groups -OCH3 is 1. The smallest absolute Gasteiger partial charge is 0.325 e. The van der Waals surface area contributed by atoms with Crippen LogP contribution in [-0.2, 0) is 9.53 Å². The third-order valence-electron chi connectivity index (χ3n) is 2.03. The quantitative estimate of drug-likeness (QED) is 0.786. The van der Waals surface area contributed by atoms with Crippen LogP contribution in [-0.4, -0.2) is 36.1 Å². The summed E-state index contributed by atoms with van der Waals surface area (Å²) in [4.78, 5) is 20.6. The Morgan fingerprint density at radius 3 is 2.88 bits per heavy atom. The number of hydrogen-bond donors (Lipinski definition) is 1. The number of esters is 1. The number of nitrogens with two attached hydrogens (primary N) is 1. The molecule has 1 rings (SSSR count). The van der Waals surface area contributed by atoms with Crippen LogP contribution in [0.5, 0.6) is 0 Å². The van der Waals surface area contributed by atoms with Crippen LogP contribution in [0.3, 0.4) is 0 Å². The van der Waals surface area contributed by atoms with Gasteiger partial charge in [-0.3, -0.25) is 4.79 Å². The molecule has 0 unspecified atom stereocenters. The number of ether oxygens (including phenoxy) is 1. The van der Waals surface area contributed by atoms with Crippen LogP contribution < -0.4 is 10.6 Å². The van der Waals surface area contributed by atoms with Crippen molar-refractivity contribution in [1.29, 1.82) is 0 Å². The minimum absolute atomic E-state index is 0.0726. The Morgan fingerprint density at radius 2 is 2.31 bits per heavy atom. The number of nitrogens with zero attached hydrogens (tertiary/aromatic N) is 3. The van der Waals surface area contributed by atoms with Gasteiger partial charge in [0.2, 0.25) is 0 Å². The van der Waals surface area contributed by atoms with E-state index in [2.05, 4.69) is 14.7 Å². The van der Waals surface area contributed by atoms with Crippen molar-refractivity contribution in [2.45, 2.75) is 6.92 Å². The van der Waals surface area contributed by atoms with Gasteiger partial charge in [0.05, 0.1) is 7.11 Å². The molecule has 0 aromatic carbocycles. The van der Waals surface area contributed by atoms with Crippen LogP contribution >= 0.6 is 11.6 Å². The normalized spacial score (nSPS) is 9.94. The van der Waals surface area contributed by atoms with Crippen molar-refractivity contribution in [3.8, 4) is 0 Å². The predicted molar refractivity (Wildman–Crippen MR) is 61.4 cm³/mol. The first kappa shape index (κ1) is 12.5. The Morgan fingerprint density at radius 1 is 1.62 bits per heavy atom. The number of likely N-dealkylation sites (N-methyl/N-ethyl adjacent to an activating group) is 1. The van der Waals surface area contributed by atoms with Gasteiger partial charge in [0.1, 0.15) is 23.7 Å². The Labute approximate surface area is 98.4 Å². The maximum atomic E-state index is 11.2. The second-order valence-corrected chi connectivity index (χ2v) is 3.36. The molecular formula is C9H13ClN4O2. The summed E-state index contributed by atoms with van der Waals surface area (Å²) in [6.45, 7) is 2.51. The summed E-state index contributed by atoms with van der Waals surface area (Å²) in [6.07, 6.45) is 1.30. The number of carbonyl (C=O) groups is 1. The molecule has 0 saturated carbocycles. The Bertz CT molecular complexity index is 386. The fourth-order valence-corrected chi connectivity index (χ4v) is 1.37. The van der Waals surface area contributed by atoms with Gasteiger partial charge < -0.3 is 15.4 Å². The molecule has 0 radical (unpaired) electrons. The molecule has 2 N–H and O–H groups in total.